The highest BCUT2D eigenvalue weighted by Crippen LogP contribution is 2.32. The van der Waals surface area contributed by atoms with Crippen LogP contribution in [0.5, 0.6) is 5.75 Å². The van der Waals surface area contributed by atoms with E-state index in [-0.39, 0.29) is 11.8 Å². The average Bonchev–Trinajstić information content (AvgIpc) is 3.58. The molecule has 1 saturated carbocycles. The highest BCUT2D eigenvalue weighted by Gasteiger charge is 2.35. The molecule has 5 nitrogen and oxygen atoms in total. The van der Waals surface area contributed by atoms with Crippen LogP contribution < -0.4 is 4.74 Å². The van der Waals surface area contributed by atoms with E-state index in [9.17, 15) is 9.59 Å². The summed E-state index contributed by atoms with van der Waals surface area (Å²) in [4.78, 5) is 29.2. The number of carbonyl (C=O) groups is 2. The fourth-order valence-electron chi connectivity index (χ4n) is 4.23. The molecule has 0 N–H and O–H groups in total. The van der Waals surface area contributed by atoms with Crippen molar-refractivity contribution in [1.82, 2.24) is 9.80 Å². The van der Waals surface area contributed by atoms with Gasteiger partial charge in [0.1, 0.15) is 5.75 Å². The lowest BCUT2D eigenvalue weighted by atomic mass is 9.98. The van der Waals surface area contributed by atoms with Gasteiger partial charge in [-0.1, -0.05) is 12.1 Å². The second kappa shape index (κ2) is 8.32. The van der Waals surface area contributed by atoms with Gasteiger partial charge in [0.15, 0.2) is 0 Å². The van der Waals surface area contributed by atoms with Crippen molar-refractivity contribution in [2.75, 3.05) is 32.8 Å². The van der Waals surface area contributed by atoms with Crippen LogP contribution in [0.25, 0.3) is 0 Å². The standard InChI is InChI=1S/C22H30N2O3/c25-21(18-10-11-18)24-14-6-7-17(15-24)16-27-20-9-3-2-8-19(20)22(26)23-12-4-1-5-13-23/h2-3,8-9,17-18H,1,4-7,10-16H2. The van der Waals surface area contributed by atoms with Gasteiger partial charge in [-0.3, -0.25) is 9.59 Å². The summed E-state index contributed by atoms with van der Waals surface area (Å²) in [7, 11) is 0. The van der Waals surface area contributed by atoms with E-state index in [2.05, 4.69) is 0 Å². The topological polar surface area (TPSA) is 49.9 Å². The minimum absolute atomic E-state index is 0.0829. The molecule has 4 rings (SSSR count). The lowest BCUT2D eigenvalue weighted by Crippen LogP contribution is -2.42. The first kappa shape index (κ1) is 18.3. The predicted molar refractivity (Wildman–Crippen MR) is 104 cm³/mol. The minimum atomic E-state index is 0.0829. The highest BCUT2D eigenvalue weighted by molar-refractivity contribution is 5.97. The van der Waals surface area contributed by atoms with Crippen LogP contribution in [0.4, 0.5) is 0 Å². The van der Waals surface area contributed by atoms with Gasteiger partial charge < -0.3 is 14.5 Å². The molecule has 27 heavy (non-hydrogen) atoms. The molecule has 1 aliphatic carbocycles. The lowest BCUT2D eigenvalue weighted by Gasteiger charge is -2.33. The molecular formula is C22H30N2O3. The Hall–Kier alpha value is -2.04. The molecule has 1 aromatic rings. The smallest absolute Gasteiger partial charge is 0.257 e. The van der Waals surface area contributed by atoms with Crippen molar-refractivity contribution in [3.8, 4) is 5.75 Å². The fraction of sp³-hybridized carbons (Fsp3) is 0.636. The minimum Gasteiger partial charge on any atom is -0.492 e. The predicted octanol–water partition coefficient (Wildman–Crippen LogP) is 3.34. The van der Waals surface area contributed by atoms with Gasteiger partial charge in [0.05, 0.1) is 12.2 Å². The van der Waals surface area contributed by atoms with E-state index >= 15 is 0 Å². The SMILES string of the molecule is O=C(c1ccccc1OCC1CCCN(C(=O)C2CC2)C1)N1CCCCC1. The first-order valence-corrected chi connectivity index (χ1v) is 10.5. The fourth-order valence-corrected chi connectivity index (χ4v) is 4.23. The van der Waals surface area contributed by atoms with E-state index in [1.165, 1.54) is 6.42 Å². The van der Waals surface area contributed by atoms with Gasteiger partial charge in [-0.25, -0.2) is 0 Å². The van der Waals surface area contributed by atoms with Crippen LogP contribution in [0.1, 0.15) is 55.3 Å². The Morgan fingerprint density at radius 3 is 2.44 bits per heavy atom. The molecule has 2 amide bonds. The quantitative estimate of drug-likeness (QED) is 0.799. The van der Waals surface area contributed by atoms with E-state index in [1.54, 1.807) is 0 Å². The molecule has 0 spiro atoms. The number of benzene rings is 1. The monoisotopic (exact) mass is 370 g/mol. The maximum absolute atomic E-state index is 12.9. The Bertz CT molecular complexity index is 680. The summed E-state index contributed by atoms with van der Waals surface area (Å²) in [5, 5.41) is 0. The number of rotatable bonds is 5. The lowest BCUT2D eigenvalue weighted by molar-refractivity contribution is -0.134. The molecule has 2 heterocycles. The molecule has 146 valence electrons. The first-order chi connectivity index (χ1) is 13.2. The number of amides is 2. The molecule has 0 aromatic heterocycles. The second-order valence-electron chi connectivity index (χ2n) is 8.23. The van der Waals surface area contributed by atoms with Crippen LogP contribution in [-0.4, -0.2) is 54.4 Å². The Labute approximate surface area is 161 Å². The van der Waals surface area contributed by atoms with Gasteiger partial charge in [0, 0.05) is 38.0 Å². The van der Waals surface area contributed by atoms with Crippen LogP contribution in [0, 0.1) is 11.8 Å². The van der Waals surface area contributed by atoms with Gasteiger partial charge in [-0.2, -0.15) is 0 Å². The number of hydrogen-bond donors (Lipinski definition) is 0. The normalized spacial score (nSPS) is 23.2. The third kappa shape index (κ3) is 4.45. The van der Waals surface area contributed by atoms with Gasteiger partial charge in [0.2, 0.25) is 5.91 Å². The van der Waals surface area contributed by atoms with E-state index in [0.29, 0.717) is 29.7 Å². The number of nitrogens with zero attached hydrogens (tertiary/aromatic N) is 2. The summed E-state index contributed by atoms with van der Waals surface area (Å²) >= 11 is 0. The van der Waals surface area contributed by atoms with Crippen LogP contribution in [0.3, 0.4) is 0 Å². The van der Waals surface area contributed by atoms with Crippen molar-refractivity contribution in [2.45, 2.75) is 44.9 Å². The number of piperidine rings is 2. The van der Waals surface area contributed by atoms with Crippen molar-refractivity contribution < 1.29 is 14.3 Å². The molecular weight excluding hydrogens is 340 g/mol. The zero-order valence-corrected chi connectivity index (χ0v) is 16.1. The number of ether oxygens (including phenoxy) is 1. The van der Waals surface area contributed by atoms with Crippen LogP contribution in [-0.2, 0) is 4.79 Å². The molecule has 2 saturated heterocycles. The third-order valence-electron chi connectivity index (χ3n) is 5.99. The zero-order valence-electron chi connectivity index (χ0n) is 16.1. The summed E-state index contributed by atoms with van der Waals surface area (Å²) in [5.41, 5.74) is 0.668. The second-order valence-corrected chi connectivity index (χ2v) is 8.23. The first-order valence-electron chi connectivity index (χ1n) is 10.5. The number of carbonyl (C=O) groups excluding carboxylic acids is 2. The van der Waals surface area contributed by atoms with E-state index in [4.69, 9.17) is 4.74 Å². The van der Waals surface area contributed by atoms with Crippen molar-refractivity contribution in [1.29, 1.82) is 0 Å². The number of likely N-dealkylation sites (tertiary alicyclic amines) is 2. The van der Waals surface area contributed by atoms with E-state index < -0.39 is 0 Å². The molecule has 3 fully saturated rings. The summed E-state index contributed by atoms with van der Waals surface area (Å²) < 4.78 is 6.11. The third-order valence-corrected chi connectivity index (χ3v) is 5.99. The van der Waals surface area contributed by atoms with Crippen molar-refractivity contribution in [3.05, 3.63) is 29.8 Å². The van der Waals surface area contributed by atoms with Crippen molar-refractivity contribution in [2.24, 2.45) is 11.8 Å². The van der Waals surface area contributed by atoms with Gasteiger partial charge in [0.25, 0.3) is 5.91 Å². The Morgan fingerprint density at radius 2 is 1.67 bits per heavy atom. The van der Waals surface area contributed by atoms with Gasteiger partial charge >= 0.3 is 0 Å². The molecule has 0 radical (unpaired) electrons. The summed E-state index contributed by atoms with van der Waals surface area (Å²) in [6.45, 7) is 3.92. The Morgan fingerprint density at radius 1 is 0.926 bits per heavy atom. The van der Waals surface area contributed by atoms with E-state index in [0.717, 1.165) is 64.7 Å². The van der Waals surface area contributed by atoms with Crippen molar-refractivity contribution in [3.63, 3.8) is 0 Å². The molecule has 1 atom stereocenters. The number of hydrogen-bond acceptors (Lipinski definition) is 3. The molecule has 5 heteroatoms. The Kier molecular flexibility index (Phi) is 5.65. The largest absolute Gasteiger partial charge is 0.492 e. The van der Waals surface area contributed by atoms with Crippen LogP contribution in [0.15, 0.2) is 24.3 Å². The highest BCUT2D eigenvalue weighted by atomic mass is 16.5. The van der Waals surface area contributed by atoms with Crippen LogP contribution in [0.2, 0.25) is 0 Å². The Balaban J connectivity index is 1.36. The summed E-state index contributed by atoms with van der Waals surface area (Å²) in [6.07, 6.45) is 7.62. The van der Waals surface area contributed by atoms with E-state index in [1.807, 2.05) is 34.1 Å². The summed E-state index contributed by atoms with van der Waals surface area (Å²) in [5.74, 6) is 1.73. The maximum atomic E-state index is 12.9. The average molecular weight is 370 g/mol. The molecule has 3 aliphatic rings. The van der Waals surface area contributed by atoms with Gasteiger partial charge in [-0.05, 0) is 57.1 Å². The molecule has 1 unspecified atom stereocenters. The maximum Gasteiger partial charge on any atom is 0.257 e. The van der Waals surface area contributed by atoms with Crippen molar-refractivity contribution >= 4 is 11.8 Å². The van der Waals surface area contributed by atoms with Gasteiger partial charge in [-0.15, -0.1) is 0 Å². The number of para-hydroxylation sites is 1. The molecule has 0 bridgehead atoms. The molecule has 1 aromatic carbocycles. The summed E-state index contributed by atoms with van der Waals surface area (Å²) in [6, 6.07) is 7.59. The van der Waals surface area contributed by atoms with Crippen LogP contribution >= 0.6 is 0 Å². The molecule has 2 aliphatic heterocycles. The zero-order chi connectivity index (χ0) is 18.6.